The van der Waals surface area contributed by atoms with E-state index in [1.165, 1.54) is 5.56 Å². The zero-order valence-electron chi connectivity index (χ0n) is 23.5. The molecule has 41 heavy (non-hydrogen) atoms. The van der Waals surface area contributed by atoms with Crippen LogP contribution in [-0.4, -0.2) is 72.5 Å². The normalized spacial score (nSPS) is 18.7. The average Bonchev–Trinajstić information content (AvgIpc) is 3.43. The molecule has 2 heterocycles. The first-order valence-electron chi connectivity index (χ1n) is 13.7. The van der Waals surface area contributed by atoms with Gasteiger partial charge in [-0.15, -0.1) is 0 Å². The maximum Gasteiger partial charge on any atom is 0.323 e. The Morgan fingerprint density at radius 3 is 2.63 bits per heavy atom. The van der Waals surface area contributed by atoms with Crippen LogP contribution in [0.25, 0.3) is 0 Å². The van der Waals surface area contributed by atoms with E-state index in [0.717, 1.165) is 6.54 Å². The molecule has 0 aromatic heterocycles. The van der Waals surface area contributed by atoms with E-state index < -0.39 is 6.03 Å². The molecule has 3 aromatic carbocycles. The third kappa shape index (κ3) is 6.55. The van der Waals surface area contributed by atoms with Crippen LogP contribution in [-0.2, 0) is 6.54 Å². The van der Waals surface area contributed by atoms with Gasteiger partial charge in [-0.2, -0.15) is 0 Å². The van der Waals surface area contributed by atoms with Gasteiger partial charge in [0.05, 0.1) is 23.9 Å². The largest absolute Gasteiger partial charge is 0.486 e. The minimum absolute atomic E-state index is 0.0603. The molecular weight excluding hydrogens is 524 g/mol. The number of anilines is 2. The van der Waals surface area contributed by atoms with Crippen molar-refractivity contribution < 1.29 is 28.9 Å². The molecule has 0 saturated carbocycles. The summed E-state index contributed by atoms with van der Waals surface area (Å²) in [7, 11) is 2.03. The summed E-state index contributed by atoms with van der Waals surface area (Å²) in [6.07, 6.45) is -0.302. The Balaban J connectivity index is 1.41. The number of hydrogen-bond donors (Lipinski definition) is 3. The lowest BCUT2D eigenvalue weighted by Gasteiger charge is -2.38. The minimum Gasteiger partial charge on any atom is -0.486 e. The van der Waals surface area contributed by atoms with Crippen molar-refractivity contribution in [3.8, 4) is 17.2 Å². The lowest BCUT2D eigenvalue weighted by Crippen LogP contribution is -2.49. The molecule has 0 unspecified atom stereocenters. The molecule has 0 fully saturated rings. The van der Waals surface area contributed by atoms with E-state index in [4.69, 9.17) is 14.2 Å². The van der Waals surface area contributed by atoms with Crippen molar-refractivity contribution in [3.63, 3.8) is 0 Å². The highest BCUT2D eigenvalue weighted by Gasteiger charge is 2.34. The van der Waals surface area contributed by atoms with E-state index in [0.29, 0.717) is 47.3 Å². The van der Waals surface area contributed by atoms with Crippen molar-refractivity contribution >= 4 is 23.3 Å². The van der Waals surface area contributed by atoms with Gasteiger partial charge in [0.2, 0.25) is 6.79 Å². The zero-order valence-corrected chi connectivity index (χ0v) is 23.5. The number of rotatable bonds is 8. The molecule has 3 amide bonds. The van der Waals surface area contributed by atoms with E-state index >= 15 is 0 Å². The Hall–Kier alpha value is -4.28. The first-order valence-corrected chi connectivity index (χ1v) is 13.7. The summed E-state index contributed by atoms with van der Waals surface area (Å²) in [5.74, 6) is 1.15. The molecule has 0 bridgehead atoms. The molecule has 3 aromatic rings. The van der Waals surface area contributed by atoms with Crippen molar-refractivity contribution in [3.05, 3.63) is 77.9 Å². The Morgan fingerprint density at radius 2 is 1.85 bits per heavy atom. The Bertz CT molecular complexity index is 1380. The maximum atomic E-state index is 13.7. The number of amides is 3. The monoisotopic (exact) mass is 560 g/mol. The smallest absolute Gasteiger partial charge is 0.323 e. The van der Waals surface area contributed by atoms with Gasteiger partial charge < -0.3 is 34.9 Å². The molecule has 0 saturated heterocycles. The van der Waals surface area contributed by atoms with Gasteiger partial charge in [0.15, 0.2) is 17.2 Å². The van der Waals surface area contributed by atoms with Crippen LogP contribution < -0.4 is 24.8 Å². The highest BCUT2D eigenvalue weighted by atomic mass is 16.7. The lowest BCUT2D eigenvalue weighted by molar-refractivity contribution is 0.0343. The predicted molar refractivity (Wildman–Crippen MR) is 156 cm³/mol. The fourth-order valence-electron chi connectivity index (χ4n) is 5.09. The molecule has 3 atom stereocenters. The quantitative estimate of drug-likeness (QED) is 0.374. The average molecular weight is 561 g/mol. The molecule has 10 heteroatoms. The van der Waals surface area contributed by atoms with Crippen molar-refractivity contribution in [1.82, 2.24) is 9.80 Å². The second-order valence-corrected chi connectivity index (χ2v) is 10.6. The third-order valence-electron chi connectivity index (χ3n) is 7.36. The number of carbonyl (C=O) groups is 2. The number of para-hydroxylation sites is 1. The number of aliphatic hydroxyl groups excluding tert-OH is 1. The summed E-state index contributed by atoms with van der Waals surface area (Å²) in [5.41, 5.74) is 2.41. The Labute approximate surface area is 239 Å². The highest BCUT2D eigenvalue weighted by Crippen LogP contribution is 2.36. The molecular formula is C31H36N4O6. The number of likely N-dealkylation sites (N-methyl/N-ethyl adjacent to an activating group) is 1. The molecule has 0 aliphatic carbocycles. The van der Waals surface area contributed by atoms with E-state index in [-0.39, 0.29) is 37.4 Å². The van der Waals surface area contributed by atoms with Gasteiger partial charge in [-0.3, -0.25) is 9.69 Å². The first kappa shape index (κ1) is 28.3. The molecule has 2 aliphatic rings. The minimum atomic E-state index is -0.498. The van der Waals surface area contributed by atoms with Gasteiger partial charge in [0.1, 0.15) is 6.10 Å². The van der Waals surface area contributed by atoms with Crippen LogP contribution in [0.1, 0.15) is 29.8 Å². The Kier molecular flexibility index (Phi) is 8.61. The van der Waals surface area contributed by atoms with Crippen LogP contribution in [0, 0.1) is 5.92 Å². The lowest BCUT2D eigenvalue weighted by atomic mass is 9.99. The van der Waals surface area contributed by atoms with Crippen molar-refractivity contribution in [1.29, 1.82) is 0 Å². The number of nitrogens with zero attached hydrogens (tertiary/aromatic N) is 2. The van der Waals surface area contributed by atoms with E-state index in [9.17, 15) is 14.7 Å². The van der Waals surface area contributed by atoms with Gasteiger partial charge in [0.25, 0.3) is 5.91 Å². The van der Waals surface area contributed by atoms with Gasteiger partial charge in [-0.1, -0.05) is 43.3 Å². The van der Waals surface area contributed by atoms with Crippen LogP contribution in [0.5, 0.6) is 17.2 Å². The molecule has 5 rings (SSSR count). The maximum absolute atomic E-state index is 13.7. The standard InChI is InChI=1S/C31H36N4O6/c1-20-15-35(21(2)18-36)30(37)24-10-7-11-25(33-31(38)32-23-12-13-26-27(14-23)40-19-39-26)29(24)41-28(20)17-34(3)16-22-8-5-4-6-9-22/h4-14,20-21,28,36H,15-19H2,1-3H3,(H2,32,33,38)/t20-,21-,28-/m1/s1. The second-order valence-electron chi connectivity index (χ2n) is 10.6. The summed E-state index contributed by atoms with van der Waals surface area (Å²) < 4.78 is 17.3. The SMILES string of the molecule is C[C@@H]1CN([C@H](C)CO)C(=O)c2cccc(NC(=O)Nc3ccc4c(c3)OCO4)c2O[C@@H]1CN(C)Cc1ccccc1. The summed E-state index contributed by atoms with van der Waals surface area (Å²) in [6, 6.07) is 19.5. The van der Waals surface area contributed by atoms with Crippen LogP contribution >= 0.6 is 0 Å². The first-order chi connectivity index (χ1) is 19.8. The number of ether oxygens (including phenoxy) is 3. The highest BCUT2D eigenvalue weighted by molar-refractivity contribution is 6.04. The second kappa shape index (κ2) is 12.5. The van der Waals surface area contributed by atoms with Crippen molar-refractivity contribution in [2.75, 3.05) is 44.2 Å². The van der Waals surface area contributed by atoms with Crippen LogP contribution in [0.4, 0.5) is 16.2 Å². The molecule has 216 valence electrons. The fraction of sp³-hybridized carbons (Fsp3) is 0.355. The fourth-order valence-corrected chi connectivity index (χ4v) is 5.09. The number of aliphatic hydroxyl groups is 1. The van der Waals surface area contributed by atoms with Gasteiger partial charge >= 0.3 is 6.03 Å². The van der Waals surface area contributed by atoms with Crippen LogP contribution in [0.3, 0.4) is 0 Å². The molecule has 3 N–H and O–H groups in total. The predicted octanol–water partition coefficient (Wildman–Crippen LogP) is 4.41. The number of urea groups is 1. The van der Waals surface area contributed by atoms with Gasteiger partial charge in [0, 0.05) is 37.3 Å². The summed E-state index contributed by atoms with van der Waals surface area (Å²) in [6.45, 7) is 5.58. The van der Waals surface area contributed by atoms with Gasteiger partial charge in [-0.05, 0) is 43.8 Å². The van der Waals surface area contributed by atoms with Crippen LogP contribution in [0.2, 0.25) is 0 Å². The van der Waals surface area contributed by atoms with E-state index in [1.807, 2.05) is 39.1 Å². The molecule has 10 nitrogen and oxygen atoms in total. The number of fused-ring (bicyclic) bond motifs is 2. The topological polar surface area (TPSA) is 113 Å². The van der Waals surface area contributed by atoms with E-state index in [2.05, 4.69) is 27.7 Å². The third-order valence-corrected chi connectivity index (χ3v) is 7.36. The van der Waals surface area contributed by atoms with Crippen LogP contribution in [0.15, 0.2) is 66.7 Å². The number of hydrogen-bond acceptors (Lipinski definition) is 7. The number of nitrogens with one attached hydrogen (secondary N) is 2. The van der Waals surface area contributed by atoms with Crippen molar-refractivity contribution in [2.24, 2.45) is 5.92 Å². The number of carbonyl (C=O) groups excluding carboxylic acids is 2. The molecule has 0 radical (unpaired) electrons. The van der Waals surface area contributed by atoms with Gasteiger partial charge in [-0.25, -0.2) is 4.79 Å². The summed E-state index contributed by atoms with van der Waals surface area (Å²) >= 11 is 0. The number of benzene rings is 3. The van der Waals surface area contributed by atoms with Crippen molar-refractivity contribution in [2.45, 2.75) is 32.5 Å². The zero-order chi connectivity index (χ0) is 28.9. The molecule has 0 spiro atoms. The molecule has 2 aliphatic heterocycles. The van der Waals surface area contributed by atoms with E-state index in [1.54, 1.807) is 41.3 Å². The summed E-state index contributed by atoms with van der Waals surface area (Å²) in [4.78, 5) is 30.6. The Morgan fingerprint density at radius 1 is 1.07 bits per heavy atom. The summed E-state index contributed by atoms with van der Waals surface area (Å²) in [5, 5.41) is 15.6.